The molecule has 1 nitrogen and oxygen atoms in total. The first-order valence-electron chi connectivity index (χ1n) is 4.89. The van der Waals surface area contributed by atoms with Crippen molar-refractivity contribution >= 4 is 17.3 Å². The first-order chi connectivity index (χ1) is 7.58. The summed E-state index contributed by atoms with van der Waals surface area (Å²) in [7, 11) is 0. The standard InChI is InChI=1S/C13H11ClFN/c1-8-6-10(15)3-5-11(8)12-4-2-9(14)7-13(12)16/h2-7H,16H2,1H3. The number of nitrogens with two attached hydrogens (primary N) is 1. The van der Waals surface area contributed by atoms with Crippen molar-refractivity contribution in [2.24, 2.45) is 0 Å². The maximum absolute atomic E-state index is 13.0. The number of anilines is 1. The molecule has 82 valence electrons. The van der Waals surface area contributed by atoms with E-state index in [1.807, 2.05) is 13.0 Å². The van der Waals surface area contributed by atoms with Crippen LogP contribution in [-0.2, 0) is 0 Å². The van der Waals surface area contributed by atoms with Gasteiger partial charge in [0.05, 0.1) is 0 Å². The zero-order valence-corrected chi connectivity index (χ0v) is 9.55. The lowest BCUT2D eigenvalue weighted by Gasteiger charge is -2.09. The van der Waals surface area contributed by atoms with Crippen molar-refractivity contribution in [1.29, 1.82) is 0 Å². The monoisotopic (exact) mass is 235 g/mol. The number of benzene rings is 2. The van der Waals surface area contributed by atoms with Crippen LogP contribution in [0.4, 0.5) is 10.1 Å². The van der Waals surface area contributed by atoms with Gasteiger partial charge in [-0.05, 0) is 42.3 Å². The number of halogens is 2. The molecule has 0 saturated heterocycles. The van der Waals surface area contributed by atoms with Gasteiger partial charge in [0.25, 0.3) is 0 Å². The molecule has 0 bridgehead atoms. The van der Waals surface area contributed by atoms with E-state index in [9.17, 15) is 4.39 Å². The first kappa shape index (κ1) is 11.0. The Bertz CT molecular complexity index is 488. The van der Waals surface area contributed by atoms with Gasteiger partial charge in [0.15, 0.2) is 0 Å². The highest BCUT2D eigenvalue weighted by molar-refractivity contribution is 6.31. The van der Waals surface area contributed by atoms with Crippen LogP contribution in [0.25, 0.3) is 11.1 Å². The molecule has 2 aromatic rings. The van der Waals surface area contributed by atoms with Crippen molar-refractivity contribution in [3.05, 3.63) is 52.8 Å². The van der Waals surface area contributed by atoms with E-state index in [2.05, 4.69) is 0 Å². The molecule has 2 aromatic carbocycles. The van der Waals surface area contributed by atoms with Crippen LogP contribution >= 0.6 is 11.6 Å². The van der Waals surface area contributed by atoms with Crippen LogP contribution in [-0.4, -0.2) is 0 Å². The summed E-state index contributed by atoms with van der Waals surface area (Å²) in [4.78, 5) is 0. The fourth-order valence-corrected chi connectivity index (χ4v) is 1.89. The highest BCUT2D eigenvalue weighted by Crippen LogP contribution is 2.30. The molecule has 0 atom stereocenters. The lowest BCUT2D eigenvalue weighted by molar-refractivity contribution is 0.627. The summed E-state index contributed by atoms with van der Waals surface area (Å²) in [6.45, 7) is 1.85. The third kappa shape index (κ3) is 2.02. The lowest BCUT2D eigenvalue weighted by atomic mass is 9.99. The Morgan fingerprint density at radius 1 is 1.06 bits per heavy atom. The highest BCUT2D eigenvalue weighted by Gasteiger charge is 2.06. The molecule has 16 heavy (non-hydrogen) atoms. The molecule has 0 amide bonds. The Morgan fingerprint density at radius 2 is 1.75 bits per heavy atom. The third-order valence-corrected chi connectivity index (χ3v) is 2.73. The minimum atomic E-state index is -0.242. The molecular weight excluding hydrogens is 225 g/mol. The van der Waals surface area contributed by atoms with Crippen LogP contribution in [0.1, 0.15) is 5.56 Å². The second kappa shape index (κ2) is 4.14. The maximum Gasteiger partial charge on any atom is 0.123 e. The number of rotatable bonds is 1. The predicted octanol–water partition coefficient (Wildman–Crippen LogP) is 4.04. The zero-order chi connectivity index (χ0) is 11.7. The van der Waals surface area contributed by atoms with Gasteiger partial charge < -0.3 is 5.73 Å². The molecule has 0 aliphatic heterocycles. The van der Waals surface area contributed by atoms with E-state index in [0.717, 1.165) is 16.7 Å². The maximum atomic E-state index is 13.0. The second-order valence-corrected chi connectivity index (χ2v) is 4.13. The van der Waals surface area contributed by atoms with E-state index in [-0.39, 0.29) is 5.82 Å². The fourth-order valence-electron chi connectivity index (χ4n) is 1.71. The van der Waals surface area contributed by atoms with Gasteiger partial charge in [-0.3, -0.25) is 0 Å². The van der Waals surface area contributed by atoms with Gasteiger partial charge in [0, 0.05) is 16.3 Å². The quantitative estimate of drug-likeness (QED) is 0.742. The van der Waals surface area contributed by atoms with Gasteiger partial charge in [-0.25, -0.2) is 4.39 Å². The minimum Gasteiger partial charge on any atom is -0.398 e. The second-order valence-electron chi connectivity index (χ2n) is 3.69. The Balaban J connectivity index is 2.59. The lowest BCUT2D eigenvalue weighted by Crippen LogP contribution is -1.92. The van der Waals surface area contributed by atoms with Crippen molar-refractivity contribution < 1.29 is 4.39 Å². The fraction of sp³-hybridized carbons (Fsp3) is 0.0769. The van der Waals surface area contributed by atoms with Gasteiger partial charge >= 0.3 is 0 Å². The molecule has 0 saturated carbocycles. The Kier molecular flexibility index (Phi) is 2.84. The zero-order valence-electron chi connectivity index (χ0n) is 8.80. The molecule has 2 rings (SSSR count). The smallest absolute Gasteiger partial charge is 0.123 e. The van der Waals surface area contributed by atoms with Crippen molar-refractivity contribution in [2.75, 3.05) is 5.73 Å². The highest BCUT2D eigenvalue weighted by atomic mass is 35.5. The SMILES string of the molecule is Cc1cc(F)ccc1-c1ccc(Cl)cc1N. The topological polar surface area (TPSA) is 26.0 Å². The van der Waals surface area contributed by atoms with E-state index in [4.69, 9.17) is 17.3 Å². The summed E-state index contributed by atoms with van der Waals surface area (Å²) in [5.41, 5.74) is 9.14. The van der Waals surface area contributed by atoms with Crippen molar-refractivity contribution in [2.45, 2.75) is 6.92 Å². The van der Waals surface area contributed by atoms with E-state index in [1.54, 1.807) is 18.2 Å². The van der Waals surface area contributed by atoms with Crippen LogP contribution in [0, 0.1) is 12.7 Å². The number of hydrogen-bond donors (Lipinski definition) is 1. The molecular formula is C13H11ClFN. The van der Waals surface area contributed by atoms with Gasteiger partial charge in [0.2, 0.25) is 0 Å². The average Bonchev–Trinajstić information content (AvgIpc) is 2.19. The Labute approximate surface area is 98.7 Å². The molecule has 0 heterocycles. The Hall–Kier alpha value is -1.54. The van der Waals surface area contributed by atoms with E-state index < -0.39 is 0 Å². The van der Waals surface area contributed by atoms with Crippen molar-refractivity contribution in [1.82, 2.24) is 0 Å². The van der Waals surface area contributed by atoms with Crippen LogP contribution in [0.15, 0.2) is 36.4 Å². The molecule has 3 heteroatoms. The summed E-state index contributed by atoms with van der Waals surface area (Å²) >= 11 is 5.83. The predicted molar refractivity (Wildman–Crippen MR) is 66.0 cm³/mol. The first-order valence-corrected chi connectivity index (χ1v) is 5.27. The molecule has 0 radical (unpaired) electrons. The van der Waals surface area contributed by atoms with E-state index >= 15 is 0 Å². The molecule has 0 fully saturated rings. The van der Waals surface area contributed by atoms with Crippen LogP contribution in [0.2, 0.25) is 5.02 Å². The molecule has 0 aliphatic rings. The average molecular weight is 236 g/mol. The van der Waals surface area contributed by atoms with Gasteiger partial charge in [0.1, 0.15) is 5.82 Å². The summed E-state index contributed by atoms with van der Waals surface area (Å²) in [6.07, 6.45) is 0. The molecule has 0 unspecified atom stereocenters. The van der Waals surface area contributed by atoms with Crippen molar-refractivity contribution in [3.8, 4) is 11.1 Å². The summed E-state index contributed by atoms with van der Waals surface area (Å²) in [6, 6.07) is 9.96. The number of aryl methyl sites for hydroxylation is 1. The molecule has 0 aliphatic carbocycles. The normalized spacial score (nSPS) is 10.4. The summed E-state index contributed by atoms with van der Waals surface area (Å²) in [5.74, 6) is -0.242. The van der Waals surface area contributed by atoms with Crippen LogP contribution in [0.3, 0.4) is 0 Å². The largest absolute Gasteiger partial charge is 0.398 e. The van der Waals surface area contributed by atoms with Gasteiger partial charge in [-0.1, -0.05) is 23.7 Å². The van der Waals surface area contributed by atoms with Crippen molar-refractivity contribution in [3.63, 3.8) is 0 Å². The van der Waals surface area contributed by atoms with E-state index in [0.29, 0.717) is 10.7 Å². The third-order valence-electron chi connectivity index (χ3n) is 2.49. The molecule has 0 aromatic heterocycles. The van der Waals surface area contributed by atoms with E-state index in [1.165, 1.54) is 12.1 Å². The van der Waals surface area contributed by atoms with Crippen LogP contribution < -0.4 is 5.73 Å². The summed E-state index contributed by atoms with van der Waals surface area (Å²) in [5, 5.41) is 0.598. The Morgan fingerprint density at radius 3 is 2.38 bits per heavy atom. The molecule has 0 spiro atoms. The van der Waals surface area contributed by atoms with Gasteiger partial charge in [-0.15, -0.1) is 0 Å². The van der Waals surface area contributed by atoms with Crippen LogP contribution in [0.5, 0.6) is 0 Å². The van der Waals surface area contributed by atoms with Gasteiger partial charge in [-0.2, -0.15) is 0 Å². The minimum absolute atomic E-state index is 0.242. The summed E-state index contributed by atoms with van der Waals surface area (Å²) < 4.78 is 13.0. The number of nitrogen functional groups attached to an aromatic ring is 1. The number of hydrogen-bond acceptors (Lipinski definition) is 1. The molecule has 2 N–H and O–H groups in total.